The molecule has 0 radical (unpaired) electrons. The number of aliphatic hydroxyl groups excluding tert-OH is 1. The Bertz CT molecular complexity index is 584. The van der Waals surface area contributed by atoms with E-state index in [0.29, 0.717) is 18.1 Å². The summed E-state index contributed by atoms with van der Waals surface area (Å²) in [5, 5.41) is 11.5. The summed E-state index contributed by atoms with van der Waals surface area (Å²) < 4.78 is 5.94. The largest absolute Gasteiger partial charge is 0.393 e. The normalized spacial score (nSPS) is 52.0. The summed E-state index contributed by atoms with van der Waals surface area (Å²) in [6, 6.07) is 0. The van der Waals surface area contributed by atoms with Crippen LogP contribution in [-0.4, -0.2) is 30.2 Å². The first kappa shape index (κ1) is 20.1. The van der Waals surface area contributed by atoms with Crippen LogP contribution in [0.5, 0.6) is 0 Å². The molecular formula is C23H38O3. The molecule has 0 aromatic rings. The average Bonchev–Trinajstić information content (AvgIpc) is 3.02. The molecule has 2 bridgehead atoms. The first-order valence-electron chi connectivity index (χ1n) is 10.5. The first-order valence-corrected chi connectivity index (χ1v) is 10.5. The second-order valence-corrected chi connectivity index (χ2v) is 9.97. The van der Waals surface area contributed by atoms with Gasteiger partial charge in [-0.25, -0.2) is 0 Å². The van der Waals surface area contributed by atoms with Crippen molar-refractivity contribution in [2.24, 2.45) is 34.0 Å². The summed E-state index contributed by atoms with van der Waals surface area (Å²) in [7, 11) is 1.81. The molecule has 3 aliphatic carbocycles. The van der Waals surface area contributed by atoms with E-state index in [-0.39, 0.29) is 28.8 Å². The van der Waals surface area contributed by atoms with Crippen molar-refractivity contribution >= 4 is 5.78 Å². The highest BCUT2D eigenvalue weighted by Gasteiger charge is 2.67. The Labute approximate surface area is 159 Å². The maximum Gasteiger partial charge on any atom is 0.142 e. The standard InChI is InChI=1S/C23H38O3/c1-7-8-11-21(4)14-18(24)22(5)15(2)9-12-23(16(3)20(21)25)13-10-17(26-6)19(22)23/h7-8,15-19,24H,9-14H2,1-6H3/b8-7+/t15-,16+,17-,18-,19?,21-,22+,23?/m1/s1. The van der Waals surface area contributed by atoms with Crippen molar-refractivity contribution < 1.29 is 14.6 Å². The van der Waals surface area contributed by atoms with Crippen LogP contribution >= 0.6 is 0 Å². The number of methoxy groups -OCH3 is 1. The molecule has 0 spiro atoms. The van der Waals surface area contributed by atoms with Crippen LogP contribution in [0.15, 0.2) is 12.2 Å². The molecule has 0 aromatic carbocycles. The van der Waals surface area contributed by atoms with Gasteiger partial charge in [-0.15, -0.1) is 0 Å². The molecule has 0 aromatic heterocycles. The number of hydrogen-bond donors (Lipinski definition) is 1. The van der Waals surface area contributed by atoms with E-state index in [2.05, 4.69) is 33.8 Å². The molecule has 1 N–H and O–H groups in total. The van der Waals surface area contributed by atoms with Crippen LogP contribution < -0.4 is 0 Å². The third kappa shape index (κ3) is 2.57. The topological polar surface area (TPSA) is 46.5 Å². The van der Waals surface area contributed by atoms with Crippen LogP contribution in [0.4, 0.5) is 0 Å². The van der Waals surface area contributed by atoms with Crippen LogP contribution in [0.1, 0.15) is 73.1 Å². The predicted octanol–water partition coefficient (Wildman–Crippen LogP) is 4.78. The van der Waals surface area contributed by atoms with E-state index in [1.54, 1.807) is 7.11 Å². The summed E-state index contributed by atoms with van der Waals surface area (Å²) in [4.78, 5) is 13.7. The molecule has 2 unspecified atom stereocenters. The van der Waals surface area contributed by atoms with Crippen molar-refractivity contribution in [3.63, 3.8) is 0 Å². The van der Waals surface area contributed by atoms with Crippen LogP contribution in [0, 0.1) is 34.0 Å². The Morgan fingerprint density at radius 2 is 1.88 bits per heavy atom. The van der Waals surface area contributed by atoms with Crippen molar-refractivity contribution in [2.75, 3.05) is 7.11 Å². The maximum absolute atomic E-state index is 13.7. The molecule has 3 heteroatoms. The Hall–Kier alpha value is -0.670. The van der Waals surface area contributed by atoms with Crippen LogP contribution in [0.3, 0.4) is 0 Å². The average molecular weight is 363 g/mol. The molecule has 3 nitrogen and oxygen atoms in total. The van der Waals surface area contributed by atoms with Gasteiger partial charge >= 0.3 is 0 Å². The third-order valence-electron chi connectivity index (χ3n) is 8.98. The fraction of sp³-hybridized carbons (Fsp3) is 0.870. The summed E-state index contributed by atoms with van der Waals surface area (Å²) >= 11 is 0. The molecule has 8 atom stereocenters. The van der Waals surface area contributed by atoms with E-state index in [0.717, 1.165) is 32.1 Å². The monoisotopic (exact) mass is 362 g/mol. The van der Waals surface area contributed by atoms with E-state index >= 15 is 0 Å². The number of Topliss-reactive ketones (excluding diaryl/α,β-unsaturated/α-hetero) is 1. The van der Waals surface area contributed by atoms with Gasteiger partial charge in [0.1, 0.15) is 5.78 Å². The van der Waals surface area contributed by atoms with Gasteiger partial charge in [0, 0.05) is 23.9 Å². The molecule has 0 aliphatic heterocycles. The van der Waals surface area contributed by atoms with Crippen molar-refractivity contribution in [3.8, 4) is 0 Å². The van der Waals surface area contributed by atoms with E-state index in [1.165, 1.54) is 0 Å². The van der Waals surface area contributed by atoms with Crippen molar-refractivity contribution in [1.82, 2.24) is 0 Å². The van der Waals surface area contributed by atoms with Crippen LogP contribution in [-0.2, 0) is 9.53 Å². The summed E-state index contributed by atoms with van der Waals surface area (Å²) in [5.41, 5.74) is -0.689. The van der Waals surface area contributed by atoms with Gasteiger partial charge in [0.05, 0.1) is 12.2 Å². The number of carbonyl (C=O) groups is 1. The highest BCUT2D eigenvalue weighted by Crippen LogP contribution is 2.68. The predicted molar refractivity (Wildman–Crippen MR) is 105 cm³/mol. The zero-order valence-corrected chi connectivity index (χ0v) is 17.5. The second kappa shape index (κ2) is 6.74. The Kier molecular flexibility index (Phi) is 5.20. The lowest BCUT2D eigenvalue weighted by atomic mass is 9.44. The molecule has 0 heterocycles. The fourth-order valence-electron chi connectivity index (χ4n) is 7.09. The van der Waals surface area contributed by atoms with Crippen molar-refractivity contribution in [1.29, 1.82) is 0 Å². The SMILES string of the molecule is C/C=C/C[C@]1(C)C[C@@H](O)[C@@]2(C)C3[C@H](OC)CCC3(CC[C@H]2C)[C@@H](C)C1=O. The Balaban J connectivity index is 2.15. The van der Waals surface area contributed by atoms with Crippen LogP contribution in [0.25, 0.3) is 0 Å². The first-order chi connectivity index (χ1) is 12.2. The lowest BCUT2D eigenvalue weighted by Gasteiger charge is -2.61. The summed E-state index contributed by atoms with van der Waals surface area (Å²) in [6.45, 7) is 10.9. The van der Waals surface area contributed by atoms with E-state index in [9.17, 15) is 9.90 Å². The zero-order valence-electron chi connectivity index (χ0n) is 17.5. The molecule has 3 aliphatic rings. The summed E-state index contributed by atoms with van der Waals surface area (Å²) in [5.74, 6) is 1.09. The fourth-order valence-corrected chi connectivity index (χ4v) is 7.09. The highest BCUT2D eigenvalue weighted by atomic mass is 16.5. The minimum atomic E-state index is -0.479. The number of carbonyl (C=O) groups excluding carboxylic acids is 1. The van der Waals surface area contributed by atoms with Gasteiger partial charge in [0.15, 0.2) is 0 Å². The lowest BCUT2D eigenvalue weighted by Crippen LogP contribution is -2.62. The van der Waals surface area contributed by atoms with Gasteiger partial charge in [0.25, 0.3) is 0 Å². The minimum absolute atomic E-state index is 0.0163. The second-order valence-electron chi connectivity index (χ2n) is 9.97. The van der Waals surface area contributed by atoms with Gasteiger partial charge in [-0.1, -0.05) is 39.8 Å². The van der Waals surface area contributed by atoms with Gasteiger partial charge < -0.3 is 9.84 Å². The third-order valence-corrected chi connectivity index (χ3v) is 8.98. The lowest BCUT2D eigenvalue weighted by molar-refractivity contribution is -0.191. The van der Waals surface area contributed by atoms with E-state index < -0.39 is 11.5 Å². The van der Waals surface area contributed by atoms with Crippen molar-refractivity contribution in [3.05, 3.63) is 12.2 Å². The molecule has 26 heavy (non-hydrogen) atoms. The smallest absolute Gasteiger partial charge is 0.142 e. The zero-order chi connectivity index (χ0) is 19.3. The van der Waals surface area contributed by atoms with Gasteiger partial charge in [-0.3, -0.25) is 4.79 Å². The van der Waals surface area contributed by atoms with Gasteiger partial charge in [-0.05, 0) is 62.7 Å². The molecule has 3 rings (SSSR count). The Morgan fingerprint density at radius 3 is 2.50 bits per heavy atom. The van der Waals surface area contributed by atoms with Crippen molar-refractivity contribution in [2.45, 2.75) is 85.4 Å². The molecule has 3 saturated carbocycles. The van der Waals surface area contributed by atoms with Gasteiger partial charge in [0.2, 0.25) is 0 Å². The number of ether oxygens (including phenoxy) is 1. The van der Waals surface area contributed by atoms with Gasteiger partial charge in [-0.2, -0.15) is 0 Å². The molecule has 0 amide bonds. The molecule has 148 valence electrons. The number of ketones is 1. The van der Waals surface area contributed by atoms with Crippen LogP contribution in [0.2, 0.25) is 0 Å². The molecule has 0 saturated heterocycles. The molecular weight excluding hydrogens is 324 g/mol. The van der Waals surface area contributed by atoms with E-state index in [4.69, 9.17) is 4.74 Å². The summed E-state index contributed by atoms with van der Waals surface area (Å²) in [6.07, 6.45) is 9.36. The number of allylic oxidation sites excluding steroid dienone is 2. The maximum atomic E-state index is 13.7. The minimum Gasteiger partial charge on any atom is -0.393 e. The highest BCUT2D eigenvalue weighted by molar-refractivity contribution is 5.87. The molecule has 3 fully saturated rings. The number of hydrogen-bond acceptors (Lipinski definition) is 3. The van der Waals surface area contributed by atoms with E-state index in [1.807, 2.05) is 13.0 Å². The number of aliphatic hydroxyl groups is 1. The quantitative estimate of drug-likeness (QED) is 0.735. The number of rotatable bonds is 3. The Morgan fingerprint density at radius 1 is 1.23 bits per heavy atom.